The van der Waals surface area contributed by atoms with Gasteiger partial charge in [-0.2, -0.15) is 0 Å². The Morgan fingerprint density at radius 1 is 1.32 bits per heavy atom. The lowest BCUT2D eigenvalue weighted by Gasteiger charge is -2.47. The van der Waals surface area contributed by atoms with Gasteiger partial charge in [-0.25, -0.2) is 4.79 Å². The lowest BCUT2D eigenvalue weighted by Crippen LogP contribution is -2.46. The summed E-state index contributed by atoms with van der Waals surface area (Å²) in [7, 11) is 1.41. The molecule has 2 atom stereocenters. The molecular formula is C21H28O4. The molecule has 1 aromatic rings. The van der Waals surface area contributed by atoms with Gasteiger partial charge in [0.2, 0.25) is 0 Å². The van der Waals surface area contributed by atoms with Crippen LogP contribution in [-0.4, -0.2) is 23.8 Å². The number of phenolic OH excluding ortho intramolecular Hbond substituents is 1. The van der Waals surface area contributed by atoms with Crippen molar-refractivity contribution in [3.63, 3.8) is 0 Å². The second-order valence-electron chi connectivity index (χ2n) is 8.74. The lowest BCUT2D eigenvalue weighted by atomic mass is 9.66. The third-order valence-corrected chi connectivity index (χ3v) is 5.61. The molecule has 4 nitrogen and oxygen atoms in total. The Kier molecular flexibility index (Phi) is 4.13. The van der Waals surface area contributed by atoms with Gasteiger partial charge >= 0.3 is 5.97 Å². The highest BCUT2D eigenvalue weighted by atomic mass is 16.5. The fraction of sp³-hybridized carbons (Fsp3) is 0.571. The first kappa shape index (κ1) is 17.8. The maximum absolute atomic E-state index is 12.0. The Labute approximate surface area is 149 Å². The van der Waals surface area contributed by atoms with Crippen molar-refractivity contribution in [2.24, 2.45) is 5.92 Å². The van der Waals surface area contributed by atoms with Gasteiger partial charge in [-0.05, 0) is 49.8 Å². The maximum Gasteiger partial charge on any atom is 0.333 e. The Morgan fingerprint density at radius 2 is 2.00 bits per heavy atom. The van der Waals surface area contributed by atoms with Crippen molar-refractivity contribution in [2.45, 2.75) is 64.4 Å². The second kappa shape index (κ2) is 5.79. The fourth-order valence-electron chi connectivity index (χ4n) is 4.13. The van der Waals surface area contributed by atoms with Gasteiger partial charge in [-0.15, -0.1) is 0 Å². The molecule has 25 heavy (non-hydrogen) atoms. The third kappa shape index (κ3) is 3.03. The summed E-state index contributed by atoms with van der Waals surface area (Å²) in [6.07, 6.45) is 3.27. The molecule has 0 spiro atoms. The summed E-state index contributed by atoms with van der Waals surface area (Å²) in [4.78, 5) is 12.0. The predicted molar refractivity (Wildman–Crippen MR) is 97.1 cm³/mol. The van der Waals surface area contributed by atoms with Crippen LogP contribution >= 0.6 is 0 Å². The van der Waals surface area contributed by atoms with E-state index >= 15 is 0 Å². The second-order valence-corrected chi connectivity index (χ2v) is 8.74. The molecule has 4 heteroatoms. The summed E-state index contributed by atoms with van der Waals surface area (Å²) in [6, 6.07) is 3.89. The molecule has 0 radical (unpaired) electrons. The molecular weight excluding hydrogens is 316 g/mol. The average Bonchev–Trinajstić information content (AvgIpc) is 2.51. The molecule has 0 aromatic heterocycles. The summed E-state index contributed by atoms with van der Waals surface area (Å²) < 4.78 is 11.2. The highest BCUT2D eigenvalue weighted by molar-refractivity contribution is 5.88. The molecule has 0 saturated carbocycles. The number of hydrogen-bond acceptors (Lipinski definition) is 4. The van der Waals surface area contributed by atoms with E-state index in [0.29, 0.717) is 12.0 Å². The number of phenols is 1. The lowest BCUT2D eigenvalue weighted by molar-refractivity contribution is -0.136. The maximum atomic E-state index is 12.0. The van der Waals surface area contributed by atoms with Gasteiger partial charge in [0.25, 0.3) is 0 Å². The first-order valence-corrected chi connectivity index (χ1v) is 8.88. The number of carbonyl (C=O) groups excluding carboxylic acids is 1. The number of benzene rings is 1. The minimum absolute atomic E-state index is 0.0480. The van der Waals surface area contributed by atoms with E-state index < -0.39 is 0 Å². The molecule has 0 unspecified atom stereocenters. The zero-order valence-electron chi connectivity index (χ0n) is 16.0. The number of allylic oxidation sites excluding steroid dienone is 1. The minimum Gasteiger partial charge on any atom is -0.508 e. The SMILES string of the molecule is COC(=O)C1=CC[C@@H]2[C@@H](C1)c1c(O)cc(C(C)(C)C)cc1OC2(C)C. The summed E-state index contributed by atoms with van der Waals surface area (Å²) in [6.45, 7) is 10.5. The molecule has 1 aromatic carbocycles. The van der Waals surface area contributed by atoms with Gasteiger partial charge in [0, 0.05) is 23.0 Å². The third-order valence-electron chi connectivity index (χ3n) is 5.61. The summed E-state index contributed by atoms with van der Waals surface area (Å²) in [5.74, 6) is 0.975. The monoisotopic (exact) mass is 344 g/mol. The zero-order chi connectivity index (χ0) is 18.6. The summed E-state index contributed by atoms with van der Waals surface area (Å²) in [5.41, 5.74) is 2.11. The molecule has 1 aliphatic heterocycles. The van der Waals surface area contributed by atoms with Crippen LogP contribution in [0.5, 0.6) is 11.5 Å². The van der Waals surface area contributed by atoms with E-state index in [1.807, 2.05) is 18.2 Å². The predicted octanol–water partition coefficient (Wildman–Crippen LogP) is 4.45. The molecule has 0 saturated heterocycles. The van der Waals surface area contributed by atoms with Crippen LogP contribution in [0.15, 0.2) is 23.8 Å². The highest BCUT2D eigenvalue weighted by Gasteiger charge is 2.47. The Balaban J connectivity index is 2.11. The highest BCUT2D eigenvalue weighted by Crippen LogP contribution is 2.54. The zero-order valence-corrected chi connectivity index (χ0v) is 16.0. The number of esters is 1. The van der Waals surface area contributed by atoms with E-state index in [9.17, 15) is 9.90 Å². The van der Waals surface area contributed by atoms with Crippen LogP contribution in [0.3, 0.4) is 0 Å². The van der Waals surface area contributed by atoms with Crippen LogP contribution in [0.25, 0.3) is 0 Å². The number of methoxy groups -OCH3 is 1. The average molecular weight is 344 g/mol. The molecule has 1 N–H and O–H groups in total. The van der Waals surface area contributed by atoms with Gasteiger partial charge in [0.1, 0.15) is 17.1 Å². The Hall–Kier alpha value is -1.97. The van der Waals surface area contributed by atoms with Crippen LogP contribution in [0.1, 0.15) is 64.5 Å². The fourth-order valence-corrected chi connectivity index (χ4v) is 4.13. The van der Waals surface area contributed by atoms with Gasteiger partial charge in [0.15, 0.2) is 0 Å². The van der Waals surface area contributed by atoms with E-state index in [2.05, 4.69) is 34.6 Å². The van der Waals surface area contributed by atoms with E-state index in [-0.39, 0.29) is 34.6 Å². The number of fused-ring (bicyclic) bond motifs is 3. The smallest absolute Gasteiger partial charge is 0.333 e. The van der Waals surface area contributed by atoms with Crippen LogP contribution in [0.2, 0.25) is 0 Å². The number of rotatable bonds is 1. The molecule has 3 rings (SSSR count). The quantitative estimate of drug-likeness (QED) is 0.765. The number of carbonyl (C=O) groups is 1. The van der Waals surface area contributed by atoms with Crippen molar-refractivity contribution in [1.82, 2.24) is 0 Å². The minimum atomic E-state index is -0.362. The molecule has 0 bridgehead atoms. The molecule has 1 aliphatic carbocycles. The summed E-state index contributed by atoms with van der Waals surface area (Å²) >= 11 is 0. The molecule has 1 heterocycles. The standard InChI is InChI=1S/C21H28O4/c1-20(2,3)13-10-16(22)18-14-9-12(19(23)24-6)7-8-15(14)21(4,5)25-17(18)11-13/h7,10-11,14-15,22H,8-9H2,1-6H3/t14-,15-/m1/s1. The van der Waals surface area contributed by atoms with Crippen LogP contribution in [0, 0.1) is 5.92 Å². The number of hydrogen-bond donors (Lipinski definition) is 1. The van der Waals surface area contributed by atoms with Crippen molar-refractivity contribution in [3.8, 4) is 11.5 Å². The van der Waals surface area contributed by atoms with Crippen LogP contribution in [-0.2, 0) is 14.9 Å². The van der Waals surface area contributed by atoms with E-state index in [0.717, 1.165) is 23.3 Å². The Bertz CT molecular complexity index is 737. The molecule has 0 fully saturated rings. The van der Waals surface area contributed by atoms with Crippen molar-refractivity contribution in [1.29, 1.82) is 0 Å². The van der Waals surface area contributed by atoms with Crippen molar-refractivity contribution in [3.05, 3.63) is 34.9 Å². The first-order chi connectivity index (χ1) is 11.5. The number of aromatic hydroxyl groups is 1. The van der Waals surface area contributed by atoms with Crippen LogP contribution in [0.4, 0.5) is 0 Å². The first-order valence-electron chi connectivity index (χ1n) is 8.88. The largest absolute Gasteiger partial charge is 0.508 e. The van der Waals surface area contributed by atoms with Gasteiger partial charge in [-0.1, -0.05) is 26.8 Å². The Morgan fingerprint density at radius 3 is 2.60 bits per heavy atom. The van der Waals surface area contributed by atoms with Crippen LogP contribution < -0.4 is 4.74 Å². The molecule has 136 valence electrons. The van der Waals surface area contributed by atoms with Gasteiger partial charge in [-0.3, -0.25) is 0 Å². The van der Waals surface area contributed by atoms with E-state index in [1.54, 1.807) is 0 Å². The summed E-state index contributed by atoms with van der Waals surface area (Å²) in [5, 5.41) is 10.8. The van der Waals surface area contributed by atoms with Crippen molar-refractivity contribution >= 4 is 5.97 Å². The van der Waals surface area contributed by atoms with E-state index in [4.69, 9.17) is 9.47 Å². The van der Waals surface area contributed by atoms with Crippen molar-refractivity contribution < 1.29 is 19.4 Å². The van der Waals surface area contributed by atoms with Gasteiger partial charge in [0.05, 0.1) is 7.11 Å². The molecule has 2 aliphatic rings. The van der Waals surface area contributed by atoms with Crippen molar-refractivity contribution in [2.75, 3.05) is 7.11 Å². The normalized spacial score (nSPS) is 24.5. The number of ether oxygens (including phenoxy) is 2. The molecule has 0 amide bonds. The van der Waals surface area contributed by atoms with E-state index in [1.165, 1.54) is 7.11 Å². The van der Waals surface area contributed by atoms with Gasteiger partial charge < -0.3 is 14.6 Å². The topological polar surface area (TPSA) is 55.8 Å².